The Balaban J connectivity index is 1.62. The van der Waals surface area contributed by atoms with E-state index in [2.05, 4.69) is 44.5 Å². The van der Waals surface area contributed by atoms with E-state index in [9.17, 15) is 4.79 Å². The van der Waals surface area contributed by atoms with Gasteiger partial charge in [-0.1, -0.05) is 6.92 Å². The molecule has 0 spiro atoms. The van der Waals surface area contributed by atoms with Gasteiger partial charge in [-0.2, -0.15) is 5.10 Å². The van der Waals surface area contributed by atoms with Crippen molar-refractivity contribution in [3.63, 3.8) is 0 Å². The molecule has 2 aromatic heterocycles. The maximum atomic E-state index is 11.3. The summed E-state index contributed by atoms with van der Waals surface area (Å²) < 4.78 is 0. The molecule has 3 heterocycles. The first-order valence-electron chi connectivity index (χ1n) is 11.1. The second-order valence-electron chi connectivity index (χ2n) is 8.09. The summed E-state index contributed by atoms with van der Waals surface area (Å²) in [5, 5.41) is 14.1. The molecule has 1 amide bonds. The van der Waals surface area contributed by atoms with E-state index in [-0.39, 0.29) is 5.91 Å². The molecule has 174 valence electrons. The molecule has 33 heavy (non-hydrogen) atoms. The van der Waals surface area contributed by atoms with Gasteiger partial charge < -0.3 is 20.4 Å². The molecule has 1 aromatic carbocycles. The third kappa shape index (κ3) is 5.82. The highest BCUT2D eigenvalue weighted by molar-refractivity contribution is 7.99. The molecular formula is C23H30N8OS. The van der Waals surface area contributed by atoms with Crippen LogP contribution in [0.5, 0.6) is 0 Å². The van der Waals surface area contributed by atoms with Crippen molar-refractivity contribution in [1.82, 2.24) is 25.1 Å². The van der Waals surface area contributed by atoms with Gasteiger partial charge in [-0.25, -0.2) is 9.97 Å². The van der Waals surface area contributed by atoms with Crippen molar-refractivity contribution < 1.29 is 4.79 Å². The van der Waals surface area contributed by atoms with E-state index < -0.39 is 0 Å². The third-order valence-corrected chi connectivity index (χ3v) is 6.43. The number of likely N-dealkylation sites (N-methyl/N-ethyl adjacent to an activating group) is 1. The molecule has 1 fully saturated rings. The van der Waals surface area contributed by atoms with Crippen molar-refractivity contribution in [2.75, 3.05) is 48.3 Å². The van der Waals surface area contributed by atoms with E-state index >= 15 is 0 Å². The molecular weight excluding hydrogens is 436 g/mol. The molecule has 0 aliphatic carbocycles. The molecule has 1 aliphatic rings. The summed E-state index contributed by atoms with van der Waals surface area (Å²) in [6, 6.07) is 9.64. The fraction of sp³-hybridized carbons (Fsp3) is 0.391. The van der Waals surface area contributed by atoms with Crippen LogP contribution >= 0.6 is 11.8 Å². The number of aromatic amines is 1. The van der Waals surface area contributed by atoms with Crippen LogP contribution in [0.1, 0.15) is 25.1 Å². The average molecular weight is 467 g/mol. The van der Waals surface area contributed by atoms with Crippen LogP contribution in [0.3, 0.4) is 0 Å². The zero-order chi connectivity index (χ0) is 23.4. The van der Waals surface area contributed by atoms with Gasteiger partial charge in [-0.3, -0.25) is 9.89 Å². The third-order valence-electron chi connectivity index (χ3n) is 5.55. The molecule has 9 nitrogen and oxygen atoms in total. The number of carbonyl (C=O) groups excluding carboxylic acids is 1. The molecule has 0 radical (unpaired) electrons. The van der Waals surface area contributed by atoms with E-state index in [1.165, 1.54) is 18.7 Å². The first-order chi connectivity index (χ1) is 15.9. The first kappa shape index (κ1) is 23.1. The van der Waals surface area contributed by atoms with Gasteiger partial charge in [0.25, 0.3) is 0 Å². The molecule has 0 saturated carbocycles. The van der Waals surface area contributed by atoms with Crippen molar-refractivity contribution >= 4 is 40.8 Å². The number of amides is 1. The van der Waals surface area contributed by atoms with E-state index in [4.69, 9.17) is 9.97 Å². The number of piperazine rings is 1. The zero-order valence-corrected chi connectivity index (χ0v) is 20.3. The fourth-order valence-corrected chi connectivity index (χ4v) is 4.51. The molecule has 3 N–H and O–H groups in total. The summed E-state index contributed by atoms with van der Waals surface area (Å²) in [4.78, 5) is 26.8. The summed E-state index contributed by atoms with van der Waals surface area (Å²) >= 11 is 1.50. The van der Waals surface area contributed by atoms with Crippen LogP contribution in [-0.2, 0) is 4.79 Å². The molecule has 3 aromatic rings. The van der Waals surface area contributed by atoms with Crippen LogP contribution in [0.4, 0.5) is 23.1 Å². The predicted molar refractivity (Wildman–Crippen MR) is 133 cm³/mol. The Morgan fingerprint density at radius 1 is 1.12 bits per heavy atom. The summed E-state index contributed by atoms with van der Waals surface area (Å²) in [5.41, 5.74) is 2.75. The lowest BCUT2D eigenvalue weighted by Crippen LogP contribution is -2.46. The maximum absolute atomic E-state index is 11.3. The molecule has 0 bridgehead atoms. The number of H-pyrrole nitrogens is 1. The second-order valence-corrected chi connectivity index (χ2v) is 9.13. The Morgan fingerprint density at radius 2 is 1.85 bits per heavy atom. The minimum atomic E-state index is -0.0885. The van der Waals surface area contributed by atoms with Gasteiger partial charge in [-0.15, -0.1) is 0 Å². The number of carbonyl (C=O) groups is 1. The molecule has 0 atom stereocenters. The Labute approximate surface area is 198 Å². The molecule has 1 saturated heterocycles. The van der Waals surface area contributed by atoms with Gasteiger partial charge in [0.15, 0.2) is 11.0 Å². The standard InChI is InChI=1S/C23H30N8OS/c1-5-30-10-12-31(13-11-30)22-16(3)21(25-20-14-15(2)28-29-20)26-23(27-22)33-19-8-6-18(7-9-19)24-17(4)32/h6-9,14H,5,10-13H2,1-4H3,(H,24,32)(H2,25,26,27,28,29). The number of hydrogen-bond acceptors (Lipinski definition) is 8. The number of hydrogen-bond donors (Lipinski definition) is 3. The lowest BCUT2D eigenvalue weighted by atomic mass is 10.2. The highest BCUT2D eigenvalue weighted by Crippen LogP contribution is 2.33. The number of rotatable bonds is 7. The highest BCUT2D eigenvalue weighted by atomic mass is 32.2. The normalized spacial score (nSPS) is 14.4. The Morgan fingerprint density at radius 3 is 2.45 bits per heavy atom. The SMILES string of the molecule is CCN1CCN(c2nc(Sc3ccc(NC(C)=O)cc3)nc(Nc3cc(C)[nH]n3)c2C)CC1. The minimum absolute atomic E-state index is 0.0885. The molecule has 4 rings (SSSR count). The monoisotopic (exact) mass is 466 g/mol. The summed E-state index contributed by atoms with van der Waals surface area (Å²) in [7, 11) is 0. The summed E-state index contributed by atoms with van der Waals surface area (Å²) in [6.07, 6.45) is 0. The largest absolute Gasteiger partial charge is 0.354 e. The maximum Gasteiger partial charge on any atom is 0.221 e. The predicted octanol–water partition coefficient (Wildman–Crippen LogP) is 3.81. The quantitative estimate of drug-likeness (QED) is 0.452. The van der Waals surface area contributed by atoms with Gasteiger partial charge in [0.1, 0.15) is 11.6 Å². The van der Waals surface area contributed by atoms with Crippen LogP contribution in [0, 0.1) is 13.8 Å². The zero-order valence-electron chi connectivity index (χ0n) is 19.5. The van der Waals surface area contributed by atoms with Crippen LogP contribution in [0.25, 0.3) is 0 Å². The number of aryl methyl sites for hydroxylation is 1. The van der Waals surface area contributed by atoms with Crippen LogP contribution < -0.4 is 15.5 Å². The van der Waals surface area contributed by atoms with Crippen molar-refractivity contribution in [3.05, 3.63) is 41.6 Å². The Kier molecular flexibility index (Phi) is 7.14. The van der Waals surface area contributed by atoms with E-state index in [0.717, 1.165) is 72.0 Å². The second kappa shape index (κ2) is 10.2. The summed E-state index contributed by atoms with van der Waals surface area (Å²) in [5.74, 6) is 2.34. The number of anilines is 4. The number of nitrogens with one attached hydrogen (secondary N) is 3. The summed E-state index contributed by atoms with van der Waals surface area (Å²) in [6.45, 7) is 12.7. The smallest absolute Gasteiger partial charge is 0.221 e. The van der Waals surface area contributed by atoms with E-state index in [1.807, 2.05) is 37.3 Å². The Bertz CT molecular complexity index is 1110. The Hall–Kier alpha value is -3.11. The highest BCUT2D eigenvalue weighted by Gasteiger charge is 2.22. The van der Waals surface area contributed by atoms with Gasteiger partial charge in [0, 0.05) is 61.0 Å². The van der Waals surface area contributed by atoms with E-state index in [0.29, 0.717) is 5.16 Å². The van der Waals surface area contributed by atoms with Crippen molar-refractivity contribution in [1.29, 1.82) is 0 Å². The number of nitrogens with zero attached hydrogens (tertiary/aromatic N) is 5. The fourth-order valence-electron chi connectivity index (χ4n) is 3.75. The van der Waals surface area contributed by atoms with Crippen LogP contribution in [-0.4, -0.2) is 63.7 Å². The number of benzene rings is 1. The molecule has 0 unspecified atom stereocenters. The van der Waals surface area contributed by atoms with Gasteiger partial charge in [0.2, 0.25) is 5.91 Å². The van der Waals surface area contributed by atoms with Gasteiger partial charge in [0.05, 0.1) is 0 Å². The topological polar surface area (TPSA) is 102 Å². The van der Waals surface area contributed by atoms with Gasteiger partial charge in [-0.05, 0) is 56.4 Å². The first-order valence-corrected chi connectivity index (χ1v) is 11.9. The minimum Gasteiger partial charge on any atom is -0.354 e. The molecule has 10 heteroatoms. The van der Waals surface area contributed by atoms with Crippen molar-refractivity contribution in [2.45, 2.75) is 37.7 Å². The van der Waals surface area contributed by atoms with Crippen LogP contribution in [0.2, 0.25) is 0 Å². The van der Waals surface area contributed by atoms with E-state index in [1.54, 1.807) is 0 Å². The average Bonchev–Trinajstić information content (AvgIpc) is 3.21. The number of aromatic nitrogens is 4. The van der Waals surface area contributed by atoms with Crippen molar-refractivity contribution in [3.8, 4) is 0 Å². The lowest BCUT2D eigenvalue weighted by Gasteiger charge is -2.35. The van der Waals surface area contributed by atoms with Crippen molar-refractivity contribution in [2.24, 2.45) is 0 Å². The molecule has 1 aliphatic heterocycles. The van der Waals surface area contributed by atoms with Crippen LogP contribution in [0.15, 0.2) is 40.4 Å². The lowest BCUT2D eigenvalue weighted by molar-refractivity contribution is -0.114. The van der Waals surface area contributed by atoms with Gasteiger partial charge >= 0.3 is 0 Å².